The first-order valence-electron chi connectivity index (χ1n) is 11.6. The molecular formula is C27H28F4. The fraction of sp³-hybridized carbons (Fsp3) is 0.481. The fourth-order valence-corrected chi connectivity index (χ4v) is 5.72. The zero-order valence-corrected chi connectivity index (χ0v) is 18.1. The molecule has 164 valence electrons. The molecule has 0 N–H and O–H groups in total. The maximum absolute atomic E-state index is 15.2. The molecule has 31 heavy (non-hydrogen) atoms. The van der Waals surface area contributed by atoms with Gasteiger partial charge in [0, 0.05) is 16.7 Å². The zero-order valence-electron chi connectivity index (χ0n) is 18.1. The third-order valence-corrected chi connectivity index (χ3v) is 7.71. The van der Waals surface area contributed by atoms with E-state index in [2.05, 4.69) is 13.8 Å². The highest BCUT2D eigenvalue weighted by Crippen LogP contribution is 2.47. The molecule has 2 aromatic carbocycles. The monoisotopic (exact) mass is 428 g/mol. The molecule has 0 aromatic heterocycles. The lowest BCUT2D eigenvalue weighted by atomic mass is 9.78. The Hall–Kier alpha value is -2.10. The van der Waals surface area contributed by atoms with E-state index in [1.54, 1.807) is 12.1 Å². The van der Waals surface area contributed by atoms with Gasteiger partial charge in [0.2, 0.25) is 0 Å². The SMILES string of the molecule is CC1CC=C(c2cc3c(c(F)c2F)-c2c(cc(C4CCC(C)CC4)c(F)c2F)C3)CC1. The lowest BCUT2D eigenvalue weighted by molar-refractivity contribution is 0.339. The predicted octanol–water partition coefficient (Wildman–Crippen LogP) is 8.31. The van der Waals surface area contributed by atoms with Crippen molar-refractivity contribution in [3.8, 4) is 11.1 Å². The Kier molecular flexibility index (Phi) is 5.22. The van der Waals surface area contributed by atoms with Crippen LogP contribution in [0.25, 0.3) is 16.7 Å². The fourth-order valence-electron chi connectivity index (χ4n) is 5.72. The van der Waals surface area contributed by atoms with Crippen LogP contribution < -0.4 is 0 Å². The summed E-state index contributed by atoms with van der Waals surface area (Å²) < 4.78 is 60.5. The second-order valence-corrected chi connectivity index (χ2v) is 9.96. The van der Waals surface area contributed by atoms with Gasteiger partial charge >= 0.3 is 0 Å². The summed E-state index contributed by atoms with van der Waals surface area (Å²) in [6.07, 6.45) is 8.46. The highest BCUT2D eigenvalue weighted by molar-refractivity contribution is 5.81. The maximum Gasteiger partial charge on any atom is 0.167 e. The van der Waals surface area contributed by atoms with Crippen LogP contribution in [0.15, 0.2) is 18.2 Å². The van der Waals surface area contributed by atoms with Crippen molar-refractivity contribution in [1.82, 2.24) is 0 Å². The standard InChI is InChI=1S/C27H28F4/c1-14-3-7-16(8-4-14)20-12-18-11-19-13-21(17-9-5-15(2)6-10-17)25(29)27(31)23(19)22(18)26(30)24(20)28/h7,12-15,17H,3-6,8-11H2,1-2H3. The quantitative estimate of drug-likeness (QED) is 0.360. The molecule has 0 saturated heterocycles. The molecule has 1 saturated carbocycles. The van der Waals surface area contributed by atoms with E-state index in [9.17, 15) is 0 Å². The first kappa shape index (κ1) is 20.8. The van der Waals surface area contributed by atoms with Gasteiger partial charge in [0.25, 0.3) is 0 Å². The number of benzene rings is 2. The molecule has 0 bridgehead atoms. The van der Waals surface area contributed by atoms with E-state index < -0.39 is 23.3 Å². The first-order valence-corrected chi connectivity index (χ1v) is 11.6. The van der Waals surface area contributed by atoms with Crippen molar-refractivity contribution in [3.05, 3.63) is 63.7 Å². The molecule has 5 rings (SSSR count). The smallest absolute Gasteiger partial charge is 0.167 e. The van der Waals surface area contributed by atoms with E-state index >= 15 is 17.6 Å². The average molecular weight is 429 g/mol. The molecule has 3 aliphatic carbocycles. The lowest BCUT2D eigenvalue weighted by Gasteiger charge is -2.27. The van der Waals surface area contributed by atoms with Crippen molar-refractivity contribution in [3.63, 3.8) is 0 Å². The topological polar surface area (TPSA) is 0 Å². The van der Waals surface area contributed by atoms with Crippen LogP contribution in [-0.2, 0) is 6.42 Å². The Morgan fingerprint density at radius 3 is 2.00 bits per heavy atom. The van der Waals surface area contributed by atoms with E-state index in [1.165, 1.54) is 0 Å². The Labute approximate surface area is 181 Å². The summed E-state index contributed by atoms with van der Waals surface area (Å²) in [5, 5.41) is 0. The van der Waals surface area contributed by atoms with Crippen molar-refractivity contribution in [2.24, 2.45) is 11.8 Å². The molecule has 1 atom stereocenters. The van der Waals surface area contributed by atoms with Crippen LogP contribution >= 0.6 is 0 Å². The van der Waals surface area contributed by atoms with Crippen LogP contribution in [0.5, 0.6) is 0 Å². The number of hydrogen-bond donors (Lipinski definition) is 0. The zero-order chi connectivity index (χ0) is 21.9. The van der Waals surface area contributed by atoms with Gasteiger partial charge < -0.3 is 0 Å². The molecule has 0 heterocycles. The molecule has 2 aromatic rings. The number of allylic oxidation sites excluding steroid dienone is 2. The highest BCUT2D eigenvalue weighted by atomic mass is 19.2. The molecule has 0 radical (unpaired) electrons. The molecule has 1 fully saturated rings. The molecule has 0 nitrogen and oxygen atoms in total. The molecule has 1 unspecified atom stereocenters. The molecule has 0 spiro atoms. The Morgan fingerprint density at radius 2 is 1.35 bits per heavy atom. The summed E-state index contributed by atoms with van der Waals surface area (Å²) >= 11 is 0. The van der Waals surface area contributed by atoms with Gasteiger partial charge in [-0.15, -0.1) is 0 Å². The molecular weight excluding hydrogens is 400 g/mol. The lowest BCUT2D eigenvalue weighted by Crippen LogP contribution is -2.13. The van der Waals surface area contributed by atoms with Gasteiger partial charge in [-0.1, -0.05) is 38.8 Å². The summed E-state index contributed by atoms with van der Waals surface area (Å²) in [6, 6.07) is 3.38. The van der Waals surface area contributed by atoms with Gasteiger partial charge in [-0.05, 0) is 84.6 Å². The van der Waals surface area contributed by atoms with Crippen molar-refractivity contribution in [1.29, 1.82) is 0 Å². The van der Waals surface area contributed by atoms with Gasteiger partial charge in [-0.25, -0.2) is 17.6 Å². The van der Waals surface area contributed by atoms with Crippen molar-refractivity contribution in [2.45, 2.75) is 71.1 Å². The Balaban J connectivity index is 1.58. The van der Waals surface area contributed by atoms with Crippen LogP contribution in [-0.4, -0.2) is 0 Å². The normalized spacial score (nSPS) is 25.2. The summed E-state index contributed by atoms with van der Waals surface area (Å²) in [5.74, 6) is -2.78. The van der Waals surface area contributed by atoms with Crippen LogP contribution in [0.1, 0.15) is 87.0 Å². The maximum atomic E-state index is 15.2. The Morgan fingerprint density at radius 1 is 0.710 bits per heavy atom. The van der Waals surface area contributed by atoms with E-state index in [0.717, 1.165) is 44.1 Å². The minimum atomic E-state index is -1.05. The third-order valence-electron chi connectivity index (χ3n) is 7.71. The largest absolute Gasteiger partial charge is 0.203 e. The van der Waals surface area contributed by atoms with Crippen LogP contribution in [0, 0.1) is 35.1 Å². The second-order valence-electron chi connectivity index (χ2n) is 9.96. The third kappa shape index (κ3) is 3.43. The van der Waals surface area contributed by atoms with Crippen LogP contribution in [0.3, 0.4) is 0 Å². The Bertz CT molecular complexity index is 1070. The predicted molar refractivity (Wildman–Crippen MR) is 116 cm³/mol. The molecule has 4 heteroatoms. The summed E-state index contributed by atoms with van der Waals surface area (Å²) in [5.41, 5.74) is 2.44. The minimum absolute atomic E-state index is 0.00811. The van der Waals surface area contributed by atoms with Gasteiger partial charge in [0.1, 0.15) is 0 Å². The summed E-state index contributed by atoms with van der Waals surface area (Å²) in [7, 11) is 0. The van der Waals surface area contributed by atoms with E-state index in [1.807, 2.05) is 6.08 Å². The van der Waals surface area contributed by atoms with Crippen molar-refractivity contribution < 1.29 is 17.6 Å². The summed E-state index contributed by atoms with van der Waals surface area (Å²) in [6.45, 7) is 4.33. The van der Waals surface area contributed by atoms with Crippen molar-refractivity contribution in [2.75, 3.05) is 0 Å². The van der Waals surface area contributed by atoms with Gasteiger partial charge in [0.15, 0.2) is 23.3 Å². The second kappa shape index (κ2) is 7.79. The molecule has 0 amide bonds. The minimum Gasteiger partial charge on any atom is -0.203 e. The van der Waals surface area contributed by atoms with E-state index in [4.69, 9.17) is 0 Å². The van der Waals surface area contributed by atoms with Crippen LogP contribution in [0.2, 0.25) is 0 Å². The number of rotatable bonds is 2. The van der Waals surface area contributed by atoms with E-state index in [-0.39, 0.29) is 22.6 Å². The highest BCUT2D eigenvalue weighted by Gasteiger charge is 2.34. The van der Waals surface area contributed by atoms with Gasteiger partial charge in [-0.2, -0.15) is 0 Å². The van der Waals surface area contributed by atoms with Gasteiger partial charge in [-0.3, -0.25) is 0 Å². The molecule has 0 aliphatic heterocycles. The number of hydrogen-bond acceptors (Lipinski definition) is 0. The average Bonchev–Trinajstić information content (AvgIpc) is 3.13. The molecule has 3 aliphatic rings. The summed E-state index contributed by atoms with van der Waals surface area (Å²) in [4.78, 5) is 0. The number of halogens is 4. The number of fused-ring (bicyclic) bond motifs is 3. The van der Waals surface area contributed by atoms with E-state index in [0.29, 0.717) is 41.4 Å². The van der Waals surface area contributed by atoms with Gasteiger partial charge in [0.05, 0.1) is 0 Å². The van der Waals surface area contributed by atoms with Crippen LogP contribution in [0.4, 0.5) is 17.6 Å². The first-order chi connectivity index (χ1) is 14.8. The van der Waals surface area contributed by atoms with Crippen molar-refractivity contribution >= 4 is 5.57 Å².